The van der Waals surface area contributed by atoms with Crippen LogP contribution in [0.1, 0.15) is 23.2 Å². The van der Waals surface area contributed by atoms with Crippen molar-refractivity contribution >= 4 is 11.6 Å². The lowest BCUT2D eigenvalue weighted by Crippen LogP contribution is -2.40. The molecule has 0 aromatic heterocycles. The predicted octanol–water partition coefficient (Wildman–Crippen LogP) is 3.36. The second-order valence-corrected chi connectivity index (χ2v) is 5.63. The summed E-state index contributed by atoms with van der Waals surface area (Å²) in [5.74, 6) is -2.39. The Balaban J connectivity index is 1.67. The number of hydrogen-bond donors (Lipinski definition) is 1. The van der Waals surface area contributed by atoms with Crippen molar-refractivity contribution in [2.24, 2.45) is 0 Å². The Kier molecular flexibility index (Phi) is 4.55. The molecule has 0 saturated carbocycles. The minimum Gasteiger partial charge on any atom is -0.367 e. The van der Waals surface area contributed by atoms with Crippen LogP contribution >= 0.6 is 0 Å². The minimum atomic E-state index is -0.839. The number of hydrogen-bond acceptors (Lipinski definition) is 2. The molecule has 0 bridgehead atoms. The van der Waals surface area contributed by atoms with E-state index in [1.165, 1.54) is 6.07 Å². The van der Waals surface area contributed by atoms with E-state index in [0.717, 1.165) is 37.2 Å². The van der Waals surface area contributed by atoms with Gasteiger partial charge in [0.1, 0.15) is 17.2 Å². The van der Waals surface area contributed by atoms with Crippen molar-refractivity contribution in [1.82, 2.24) is 5.32 Å². The number of halogens is 2. The van der Waals surface area contributed by atoms with Gasteiger partial charge in [0.25, 0.3) is 5.91 Å². The van der Waals surface area contributed by atoms with Crippen molar-refractivity contribution < 1.29 is 13.6 Å². The van der Waals surface area contributed by atoms with Crippen molar-refractivity contribution in [1.29, 1.82) is 0 Å². The summed E-state index contributed by atoms with van der Waals surface area (Å²) >= 11 is 0. The molecule has 1 heterocycles. The highest BCUT2D eigenvalue weighted by molar-refractivity contribution is 5.94. The lowest BCUT2D eigenvalue weighted by Gasteiger charge is -2.27. The Hall–Kier alpha value is -2.43. The van der Waals surface area contributed by atoms with Gasteiger partial charge >= 0.3 is 0 Å². The van der Waals surface area contributed by atoms with Gasteiger partial charge in [-0.15, -0.1) is 0 Å². The SMILES string of the molecule is O=C(NC[C@@H]1CCCN1c1ccccc1)c1c(F)cccc1F. The molecule has 5 heteroatoms. The fraction of sp³-hybridized carbons (Fsp3) is 0.278. The van der Waals surface area contributed by atoms with E-state index in [0.29, 0.717) is 6.54 Å². The molecule has 23 heavy (non-hydrogen) atoms. The third-order valence-electron chi connectivity index (χ3n) is 4.15. The zero-order chi connectivity index (χ0) is 16.2. The quantitative estimate of drug-likeness (QED) is 0.938. The monoisotopic (exact) mass is 316 g/mol. The highest BCUT2D eigenvalue weighted by Gasteiger charge is 2.26. The minimum absolute atomic E-state index is 0.135. The van der Waals surface area contributed by atoms with Gasteiger partial charge in [0, 0.05) is 24.8 Å². The first-order valence-electron chi connectivity index (χ1n) is 7.70. The summed E-state index contributed by atoms with van der Waals surface area (Å²) in [6, 6.07) is 13.5. The maximum Gasteiger partial charge on any atom is 0.257 e. The maximum atomic E-state index is 13.6. The zero-order valence-electron chi connectivity index (χ0n) is 12.6. The number of rotatable bonds is 4. The van der Waals surface area contributed by atoms with E-state index in [1.54, 1.807) is 0 Å². The lowest BCUT2D eigenvalue weighted by atomic mass is 10.1. The normalized spacial score (nSPS) is 17.3. The molecule has 2 aromatic rings. The summed E-state index contributed by atoms with van der Waals surface area (Å²) in [6.07, 6.45) is 1.97. The van der Waals surface area contributed by atoms with Crippen LogP contribution < -0.4 is 10.2 Å². The van der Waals surface area contributed by atoms with Crippen LogP contribution in [0.4, 0.5) is 14.5 Å². The number of nitrogens with one attached hydrogen (secondary N) is 1. The van der Waals surface area contributed by atoms with Gasteiger partial charge in [0.05, 0.1) is 0 Å². The molecule has 0 unspecified atom stereocenters. The number of anilines is 1. The smallest absolute Gasteiger partial charge is 0.257 e. The topological polar surface area (TPSA) is 32.3 Å². The summed E-state index contributed by atoms with van der Waals surface area (Å²) in [5.41, 5.74) is 0.582. The second-order valence-electron chi connectivity index (χ2n) is 5.63. The Morgan fingerprint density at radius 2 is 1.78 bits per heavy atom. The van der Waals surface area contributed by atoms with Crippen molar-refractivity contribution in [3.8, 4) is 0 Å². The Morgan fingerprint density at radius 3 is 2.48 bits per heavy atom. The number of amides is 1. The molecule has 1 aliphatic rings. The summed E-state index contributed by atoms with van der Waals surface area (Å²) < 4.78 is 27.3. The van der Waals surface area contributed by atoms with Crippen molar-refractivity contribution in [3.05, 3.63) is 65.7 Å². The largest absolute Gasteiger partial charge is 0.367 e. The molecule has 3 nitrogen and oxygen atoms in total. The molecule has 0 spiro atoms. The van der Waals surface area contributed by atoms with Gasteiger partial charge in [-0.2, -0.15) is 0 Å². The van der Waals surface area contributed by atoms with E-state index >= 15 is 0 Å². The number of carbonyl (C=O) groups excluding carboxylic acids is 1. The summed E-state index contributed by atoms with van der Waals surface area (Å²) in [7, 11) is 0. The van der Waals surface area contributed by atoms with Gasteiger partial charge in [-0.25, -0.2) is 8.78 Å². The number of benzene rings is 2. The van der Waals surface area contributed by atoms with Gasteiger partial charge in [0.15, 0.2) is 0 Å². The number of nitrogens with zero attached hydrogens (tertiary/aromatic N) is 1. The van der Waals surface area contributed by atoms with Crippen LogP contribution in [0.25, 0.3) is 0 Å². The number of carbonyl (C=O) groups is 1. The van der Waals surface area contributed by atoms with Crippen LogP contribution in [-0.4, -0.2) is 25.0 Å². The third-order valence-corrected chi connectivity index (χ3v) is 4.15. The van der Waals surface area contributed by atoms with E-state index in [-0.39, 0.29) is 6.04 Å². The van der Waals surface area contributed by atoms with Gasteiger partial charge in [-0.3, -0.25) is 4.79 Å². The van der Waals surface area contributed by atoms with Gasteiger partial charge in [0.2, 0.25) is 0 Å². The molecule has 1 saturated heterocycles. The maximum absolute atomic E-state index is 13.6. The van der Waals surface area contributed by atoms with Crippen molar-refractivity contribution in [2.45, 2.75) is 18.9 Å². The van der Waals surface area contributed by atoms with E-state index in [1.807, 2.05) is 30.3 Å². The molecular weight excluding hydrogens is 298 g/mol. The van der Waals surface area contributed by atoms with Crippen LogP contribution in [0.2, 0.25) is 0 Å². The molecule has 1 atom stereocenters. The Labute approximate surface area is 133 Å². The van der Waals surface area contributed by atoms with E-state index in [9.17, 15) is 13.6 Å². The Bertz CT molecular complexity index is 670. The molecular formula is C18H18F2N2O. The Morgan fingerprint density at radius 1 is 1.09 bits per heavy atom. The second kappa shape index (κ2) is 6.77. The van der Waals surface area contributed by atoms with Crippen LogP contribution in [0.3, 0.4) is 0 Å². The molecule has 120 valence electrons. The third kappa shape index (κ3) is 3.33. The zero-order valence-corrected chi connectivity index (χ0v) is 12.6. The average Bonchev–Trinajstić information content (AvgIpc) is 3.02. The average molecular weight is 316 g/mol. The standard InChI is InChI=1S/C18H18F2N2O/c19-15-9-4-10-16(20)17(15)18(23)21-12-14-8-5-11-22(14)13-6-2-1-3-7-13/h1-4,6-7,9-10,14H,5,8,11-12H2,(H,21,23)/t14-/m0/s1. The fourth-order valence-corrected chi connectivity index (χ4v) is 3.02. The van der Waals surface area contributed by atoms with E-state index in [4.69, 9.17) is 0 Å². The molecule has 1 N–H and O–H groups in total. The molecule has 3 rings (SSSR count). The van der Waals surface area contributed by atoms with Crippen molar-refractivity contribution in [3.63, 3.8) is 0 Å². The van der Waals surface area contributed by atoms with Crippen LogP contribution in [0.15, 0.2) is 48.5 Å². The van der Waals surface area contributed by atoms with Crippen LogP contribution in [0, 0.1) is 11.6 Å². The fourth-order valence-electron chi connectivity index (χ4n) is 3.02. The van der Waals surface area contributed by atoms with Crippen molar-refractivity contribution in [2.75, 3.05) is 18.0 Å². The molecule has 1 amide bonds. The highest BCUT2D eigenvalue weighted by Crippen LogP contribution is 2.24. The number of para-hydroxylation sites is 1. The molecule has 0 radical (unpaired) electrons. The first kappa shape index (κ1) is 15.5. The highest BCUT2D eigenvalue weighted by atomic mass is 19.1. The van der Waals surface area contributed by atoms with Crippen LogP contribution in [-0.2, 0) is 0 Å². The van der Waals surface area contributed by atoms with Gasteiger partial charge < -0.3 is 10.2 Å². The van der Waals surface area contributed by atoms with Gasteiger partial charge in [-0.05, 0) is 37.1 Å². The first-order valence-corrected chi connectivity index (χ1v) is 7.70. The summed E-state index contributed by atoms with van der Waals surface area (Å²) in [4.78, 5) is 14.3. The van der Waals surface area contributed by atoms with Crippen LogP contribution in [0.5, 0.6) is 0 Å². The van der Waals surface area contributed by atoms with E-state index in [2.05, 4.69) is 10.2 Å². The molecule has 0 aliphatic carbocycles. The van der Waals surface area contributed by atoms with Gasteiger partial charge in [-0.1, -0.05) is 24.3 Å². The first-order chi connectivity index (χ1) is 11.2. The predicted molar refractivity (Wildman–Crippen MR) is 85.5 cm³/mol. The molecule has 1 fully saturated rings. The lowest BCUT2D eigenvalue weighted by molar-refractivity contribution is 0.0943. The molecule has 1 aliphatic heterocycles. The van der Waals surface area contributed by atoms with E-state index < -0.39 is 23.1 Å². The summed E-state index contributed by atoms with van der Waals surface area (Å²) in [6.45, 7) is 1.28. The summed E-state index contributed by atoms with van der Waals surface area (Å²) in [5, 5.41) is 2.66. The molecule has 2 aromatic carbocycles.